The van der Waals surface area contributed by atoms with Crippen molar-refractivity contribution in [3.05, 3.63) is 24.0 Å². The summed E-state index contributed by atoms with van der Waals surface area (Å²) in [7, 11) is 0. The molecule has 2 amide bonds. The van der Waals surface area contributed by atoms with Crippen LogP contribution in [-0.4, -0.2) is 46.7 Å². The van der Waals surface area contributed by atoms with Gasteiger partial charge in [-0.05, 0) is 12.1 Å². The number of hydroxylamine groups is 1. The zero-order chi connectivity index (χ0) is 15.0. The molecule has 2 unspecified atom stereocenters. The number of hydrogen-bond acceptors (Lipinski definition) is 5. The second kappa shape index (κ2) is 4.97. The van der Waals surface area contributed by atoms with Crippen LogP contribution in [-0.2, 0) is 15.2 Å². The first-order valence-corrected chi connectivity index (χ1v) is 6.62. The highest BCUT2D eigenvalue weighted by molar-refractivity contribution is 5.88. The minimum Gasteiger partial charge on any atom is -0.465 e. The number of carbonyl (C=O) groups is 2. The fourth-order valence-electron chi connectivity index (χ4n) is 2.94. The Labute approximate surface area is 121 Å². The molecule has 2 aliphatic heterocycles. The number of aromatic nitrogens is 1. The Morgan fingerprint density at radius 3 is 3.14 bits per heavy atom. The largest absolute Gasteiger partial charge is 0.465 e. The molecule has 0 bridgehead atoms. The Bertz CT molecular complexity index is 593. The lowest BCUT2D eigenvalue weighted by atomic mass is 9.85. The van der Waals surface area contributed by atoms with Crippen molar-refractivity contribution in [1.29, 1.82) is 0 Å². The van der Waals surface area contributed by atoms with E-state index in [1.165, 1.54) is 11.8 Å². The van der Waals surface area contributed by atoms with E-state index in [4.69, 9.17) is 4.84 Å². The minimum absolute atomic E-state index is 0.00585. The molecule has 1 aromatic heterocycles. The monoisotopic (exact) mass is 292 g/mol. The lowest BCUT2D eigenvalue weighted by Crippen LogP contribution is -2.44. The average Bonchev–Trinajstić information content (AvgIpc) is 2.95. The van der Waals surface area contributed by atoms with Crippen LogP contribution in [0, 0.1) is 5.92 Å². The average molecular weight is 292 g/mol. The Balaban J connectivity index is 1.94. The van der Waals surface area contributed by atoms with Gasteiger partial charge in [-0.2, -0.15) is 5.48 Å². The van der Waals surface area contributed by atoms with E-state index in [2.05, 4.69) is 15.8 Å². The first kappa shape index (κ1) is 13.8. The van der Waals surface area contributed by atoms with Crippen LogP contribution in [0.1, 0.15) is 12.6 Å². The first-order valence-electron chi connectivity index (χ1n) is 6.62. The van der Waals surface area contributed by atoms with Crippen LogP contribution in [0.2, 0.25) is 0 Å². The number of fused-ring (bicyclic) bond motifs is 1. The van der Waals surface area contributed by atoms with Crippen LogP contribution in [0.5, 0.6) is 0 Å². The number of nitrogens with one attached hydrogen (secondary N) is 2. The van der Waals surface area contributed by atoms with Crippen molar-refractivity contribution in [1.82, 2.24) is 15.4 Å². The smallest absolute Gasteiger partial charge is 0.407 e. The molecule has 3 N–H and O–H groups in total. The van der Waals surface area contributed by atoms with E-state index in [1.54, 1.807) is 18.3 Å². The van der Waals surface area contributed by atoms with E-state index < -0.39 is 11.6 Å². The summed E-state index contributed by atoms with van der Waals surface area (Å²) in [5, 5.41) is 11.9. The number of carbonyl (C=O) groups excluding carboxylic acids is 1. The lowest BCUT2D eigenvalue weighted by molar-refractivity contribution is -0.114. The minimum atomic E-state index is -0.955. The normalized spacial score (nSPS) is 27.5. The van der Waals surface area contributed by atoms with Crippen molar-refractivity contribution >= 4 is 17.7 Å². The Morgan fingerprint density at radius 1 is 1.62 bits per heavy atom. The van der Waals surface area contributed by atoms with Crippen molar-refractivity contribution < 1.29 is 19.5 Å². The van der Waals surface area contributed by atoms with Gasteiger partial charge >= 0.3 is 6.09 Å². The van der Waals surface area contributed by atoms with Gasteiger partial charge in [-0.3, -0.25) is 9.78 Å². The van der Waals surface area contributed by atoms with E-state index in [0.717, 1.165) is 0 Å². The summed E-state index contributed by atoms with van der Waals surface area (Å²) in [5.41, 5.74) is 3.57. The molecule has 2 fully saturated rings. The number of pyridine rings is 1. The Morgan fingerprint density at radius 2 is 2.43 bits per heavy atom. The predicted molar refractivity (Wildman–Crippen MR) is 72.4 cm³/mol. The fraction of sp³-hybridized carbons (Fsp3) is 0.462. The highest BCUT2D eigenvalue weighted by atomic mass is 16.7. The molecule has 2 aliphatic rings. The van der Waals surface area contributed by atoms with Gasteiger partial charge in [0.2, 0.25) is 5.91 Å². The molecule has 8 heteroatoms. The van der Waals surface area contributed by atoms with Gasteiger partial charge in [0, 0.05) is 31.3 Å². The summed E-state index contributed by atoms with van der Waals surface area (Å²) in [6.45, 7) is 2.52. The number of nitrogens with zero attached hydrogens (tertiary/aromatic N) is 2. The van der Waals surface area contributed by atoms with Gasteiger partial charge in [-0.15, -0.1) is 0 Å². The molecule has 0 aliphatic carbocycles. The topological polar surface area (TPSA) is 104 Å². The maximum Gasteiger partial charge on any atom is 0.407 e. The van der Waals surface area contributed by atoms with E-state index in [9.17, 15) is 14.7 Å². The standard InChI is InChI=1S/C13H16N4O4/c1-8(18)15-10-2-3-14-11(4-10)13-7-17(12(19)20)5-9(13)6-21-16-13/h2-4,9,16H,5-7H2,1H3,(H,19,20)(H,14,15,18). The summed E-state index contributed by atoms with van der Waals surface area (Å²) >= 11 is 0. The molecule has 0 radical (unpaired) electrons. The summed E-state index contributed by atoms with van der Waals surface area (Å²) in [6, 6.07) is 3.44. The van der Waals surface area contributed by atoms with Crippen molar-refractivity contribution in [2.24, 2.45) is 5.92 Å². The second-order valence-corrected chi connectivity index (χ2v) is 5.36. The molecular formula is C13H16N4O4. The van der Waals surface area contributed by atoms with Crippen LogP contribution in [0.4, 0.5) is 10.5 Å². The zero-order valence-electron chi connectivity index (χ0n) is 11.5. The van der Waals surface area contributed by atoms with E-state index in [0.29, 0.717) is 24.5 Å². The second-order valence-electron chi connectivity index (χ2n) is 5.36. The Kier molecular flexibility index (Phi) is 3.26. The quantitative estimate of drug-likeness (QED) is 0.728. The number of rotatable bonds is 2. The van der Waals surface area contributed by atoms with Crippen LogP contribution in [0.25, 0.3) is 0 Å². The van der Waals surface area contributed by atoms with E-state index in [1.807, 2.05) is 0 Å². The maximum atomic E-state index is 11.2. The van der Waals surface area contributed by atoms with Gasteiger partial charge in [0.15, 0.2) is 0 Å². The number of anilines is 1. The van der Waals surface area contributed by atoms with Crippen LogP contribution in [0.15, 0.2) is 18.3 Å². The SMILES string of the molecule is CC(=O)Nc1ccnc(C23CN(C(=O)O)CC2CON3)c1. The van der Waals surface area contributed by atoms with Crippen molar-refractivity contribution in [3.63, 3.8) is 0 Å². The molecule has 2 saturated heterocycles. The third kappa shape index (κ3) is 2.32. The molecular weight excluding hydrogens is 276 g/mol. The summed E-state index contributed by atoms with van der Waals surface area (Å²) in [5.74, 6) is -0.177. The number of hydrogen-bond donors (Lipinski definition) is 3. The molecule has 8 nitrogen and oxygen atoms in total. The van der Waals surface area contributed by atoms with Gasteiger partial charge < -0.3 is 20.2 Å². The summed E-state index contributed by atoms with van der Waals surface area (Å²) in [6.07, 6.45) is 0.638. The van der Waals surface area contributed by atoms with Crippen LogP contribution < -0.4 is 10.8 Å². The third-order valence-electron chi connectivity index (χ3n) is 3.92. The molecule has 0 spiro atoms. The molecule has 3 rings (SSSR count). The van der Waals surface area contributed by atoms with Crippen molar-refractivity contribution in [2.45, 2.75) is 12.5 Å². The van der Waals surface area contributed by atoms with Gasteiger partial charge in [-0.1, -0.05) is 0 Å². The van der Waals surface area contributed by atoms with Crippen LogP contribution in [0.3, 0.4) is 0 Å². The molecule has 21 heavy (non-hydrogen) atoms. The predicted octanol–water partition coefficient (Wildman–Crippen LogP) is 0.380. The summed E-state index contributed by atoms with van der Waals surface area (Å²) in [4.78, 5) is 33.4. The molecule has 0 saturated carbocycles. The Hall–Kier alpha value is -2.19. The van der Waals surface area contributed by atoms with E-state index in [-0.39, 0.29) is 18.4 Å². The van der Waals surface area contributed by atoms with Crippen LogP contribution >= 0.6 is 0 Å². The molecule has 112 valence electrons. The number of carboxylic acid groups (broad SMARTS) is 1. The number of likely N-dealkylation sites (tertiary alicyclic amines) is 1. The molecule has 0 aromatic carbocycles. The van der Waals surface area contributed by atoms with Crippen molar-refractivity contribution in [2.75, 3.05) is 25.0 Å². The van der Waals surface area contributed by atoms with Crippen molar-refractivity contribution in [3.8, 4) is 0 Å². The maximum absolute atomic E-state index is 11.2. The van der Waals surface area contributed by atoms with Gasteiger partial charge in [-0.25, -0.2) is 4.79 Å². The third-order valence-corrected chi connectivity index (χ3v) is 3.92. The summed E-state index contributed by atoms with van der Waals surface area (Å²) < 4.78 is 0. The lowest BCUT2D eigenvalue weighted by Gasteiger charge is -2.26. The zero-order valence-corrected chi connectivity index (χ0v) is 11.5. The first-order chi connectivity index (χ1) is 10.0. The van der Waals surface area contributed by atoms with Gasteiger partial charge in [0.05, 0.1) is 18.8 Å². The number of amides is 2. The fourth-order valence-corrected chi connectivity index (χ4v) is 2.94. The molecule has 3 heterocycles. The highest BCUT2D eigenvalue weighted by Crippen LogP contribution is 2.40. The molecule has 1 aromatic rings. The van der Waals surface area contributed by atoms with E-state index >= 15 is 0 Å². The van der Waals surface area contributed by atoms with Gasteiger partial charge in [0.1, 0.15) is 5.54 Å². The highest BCUT2D eigenvalue weighted by Gasteiger charge is 2.54. The van der Waals surface area contributed by atoms with Gasteiger partial charge in [0.25, 0.3) is 0 Å². The molecule has 2 atom stereocenters.